The van der Waals surface area contributed by atoms with Crippen LogP contribution in [0.4, 0.5) is 0 Å². The van der Waals surface area contributed by atoms with Gasteiger partial charge in [-0.15, -0.1) is 10.2 Å². The summed E-state index contributed by atoms with van der Waals surface area (Å²) in [6.07, 6.45) is 5.40. The molecule has 1 spiro atoms. The smallest absolute Gasteiger partial charge is 0.292 e. The maximum atomic E-state index is 13.3. The number of likely N-dealkylation sites (tertiary alicyclic amines) is 2. The fraction of sp³-hybridized carbons (Fsp3) is 0.625. The molecule has 1 atom stereocenters. The average molecular weight is 423 g/mol. The van der Waals surface area contributed by atoms with E-state index in [4.69, 9.17) is 0 Å². The van der Waals surface area contributed by atoms with Gasteiger partial charge >= 0.3 is 0 Å². The first-order chi connectivity index (χ1) is 15.1. The minimum absolute atomic E-state index is 0.0622. The van der Waals surface area contributed by atoms with Crippen molar-refractivity contribution in [2.24, 2.45) is 0 Å². The summed E-state index contributed by atoms with van der Waals surface area (Å²) in [6.45, 7) is 7.75. The zero-order chi connectivity index (χ0) is 21.4. The molecule has 4 heterocycles. The van der Waals surface area contributed by atoms with Crippen LogP contribution in [0, 0.1) is 0 Å². The van der Waals surface area contributed by atoms with Crippen molar-refractivity contribution in [2.75, 3.05) is 33.2 Å². The van der Waals surface area contributed by atoms with E-state index in [1.54, 1.807) is 0 Å². The quantitative estimate of drug-likeness (QED) is 0.761. The van der Waals surface area contributed by atoms with Crippen LogP contribution in [0.2, 0.25) is 0 Å². The molecule has 7 nitrogen and oxygen atoms in total. The molecule has 0 saturated carbocycles. The first-order valence-electron chi connectivity index (χ1n) is 11.8. The number of piperidine rings is 2. The second-order valence-corrected chi connectivity index (χ2v) is 9.56. The van der Waals surface area contributed by atoms with Crippen LogP contribution in [0.3, 0.4) is 0 Å². The third-order valence-corrected chi connectivity index (χ3v) is 7.74. The van der Waals surface area contributed by atoms with Crippen molar-refractivity contribution < 1.29 is 4.79 Å². The molecule has 0 aliphatic carbocycles. The van der Waals surface area contributed by atoms with E-state index in [9.17, 15) is 4.79 Å². The van der Waals surface area contributed by atoms with Gasteiger partial charge in [-0.1, -0.05) is 30.3 Å². The lowest BCUT2D eigenvalue weighted by Gasteiger charge is -2.49. The van der Waals surface area contributed by atoms with Crippen LogP contribution in [0.15, 0.2) is 30.3 Å². The van der Waals surface area contributed by atoms with Gasteiger partial charge in [0.2, 0.25) is 5.82 Å². The SMILES string of the molecule is C[C@H]1CCCCN1C(=O)c1nnc2n1CCN(C)C21CCN(Cc2ccccc2)CC1. The molecule has 3 aliphatic rings. The van der Waals surface area contributed by atoms with Crippen LogP contribution in [-0.4, -0.2) is 74.6 Å². The third-order valence-electron chi connectivity index (χ3n) is 7.74. The number of aromatic nitrogens is 3. The molecule has 3 aliphatic heterocycles. The lowest BCUT2D eigenvalue weighted by atomic mass is 9.83. The Balaban J connectivity index is 1.36. The minimum atomic E-state index is -0.121. The van der Waals surface area contributed by atoms with Crippen molar-refractivity contribution in [3.63, 3.8) is 0 Å². The fourth-order valence-electron chi connectivity index (χ4n) is 5.71. The summed E-state index contributed by atoms with van der Waals surface area (Å²) in [7, 11) is 2.21. The van der Waals surface area contributed by atoms with E-state index in [-0.39, 0.29) is 17.5 Å². The lowest BCUT2D eigenvalue weighted by Crippen LogP contribution is -2.56. The van der Waals surface area contributed by atoms with E-state index in [2.05, 4.69) is 68.9 Å². The van der Waals surface area contributed by atoms with Crippen LogP contribution in [0.1, 0.15) is 61.0 Å². The Hall–Kier alpha value is -2.25. The van der Waals surface area contributed by atoms with Crippen molar-refractivity contribution in [1.29, 1.82) is 0 Å². The van der Waals surface area contributed by atoms with Gasteiger partial charge in [0.25, 0.3) is 5.91 Å². The Morgan fingerprint density at radius 3 is 2.55 bits per heavy atom. The maximum Gasteiger partial charge on any atom is 0.292 e. The van der Waals surface area contributed by atoms with Gasteiger partial charge in [0, 0.05) is 45.3 Å². The fourth-order valence-corrected chi connectivity index (χ4v) is 5.71. The average Bonchev–Trinajstić information content (AvgIpc) is 3.23. The highest BCUT2D eigenvalue weighted by Crippen LogP contribution is 2.40. The van der Waals surface area contributed by atoms with E-state index in [0.717, 1.165) is 70.8 Å². The normalized spacial score (nSPS) is 24.3. The summed E-state index contributed by atoms with van der Waals surface area (Å²) < 4.78 is 2.14. The minimum Gasteiger partial charge on any atom is -0.333 e. The molecule has 2 aromatic rings. The summed E-state index contributed by atoms with van der Waals surface area (Å²) in [5.74, 6) is 1.60. The van der Waals surface area contributed by atoms with Crippen molar-refractivity contribution in [1.82, 2.24) is 29.5 Å². The third kappa shape index (κ3) is 3.68. The van der Waals surface area contributed by atoms with Gasteiger partial charge in [-0.05, 0) is 51.6 Å². The summed E-state index contributed by atoms with van der Waals surface area (Å²) in [6, 6.07) is 11.0. The molecule has 31 heavy (non-hydrogen) atoms. The van der Waals surface area contributed by atoms with Crippen molar-refractivity contribution in [3.05, 3.63) is 47.5 Å². The van der Waals surface area contributed by atoms with Crippen LogP contribution in [0.25, 0.3) is 0 Å². The molecule has 0 N–H and O–H groups in total. The molecule has 0 bridgehead atoms. The first kappa shape index (κ1) is 20.6. The number of rotatable bonds is 3. The molecule has 2 fully saturated rings. The highest BCUT2D eigenvalue weighted by molar-refractivity contribution is 5.91. The number of hydrogen-bond acceptors (Lipinski definition) is 5. The van der Waals surface area contributed by atoms with Crippen LogP contribution in [0.5, 0.6) is 0 Å². The molecule has 5 rings (SSSR count). The topological polar surface area (TPSA) is 57.5 Å². The number of carbonyl (C=O) groups excluding carboxylic acids is 1. The van der Waals surface area contributed by atoms with Gasteiger partial charge in [-0.25, -0.2) is 0 Å². The number of carbonyl (C=O) groups is 1. The molecule has 1 amide bonds. The largest absolute Gasteiger partial charge is 0.333 e. The molecule has 1 aromatic carbocycles. The number of benzene rings is 1. The predicted octanol–water partition coefficient (Wildman–Crippen LogP) is 2.73. The summed E-state index contributed by atoms with van der Waals surface area (Å²) >= 11 is 0. The van der Waals surface area contributed by atoms with Gasteiger partial charge in [0.15, 0.2) is 5.82 Å². The van der Waals surface area contributed by atoms with Crippen LogP contribution >= 0.6 is 0 Å². The molecule has 1 aromatic heterocycles. The number of likely N-dealkylation sites (N-methyl/N-ethyl adjacent to an activating group) is 1. The molecule has 2 saturated heterocycles. The van der Waals surface area contributed by atoms with E-state index >= 15 is 0 Å². The molecule has 0 unspecified atom stereocenters. The zero-order valence-electron chi connectivity index (χ0n) is 18.8. The summed E-state index contributed by atoms with van der Waals surface area (Å²) in [4.78, 5) is 20.3. The maximum absolute atomic E-state index is 13.3. The van der Waals surface area contributed by atoms with Gasteiger partial charge in [0.05, 0.1) is 5.54 Å². The molecular formula is C24H34N6O. The summed E-state index contributed by atoms with van der Waals surface area (Å²) in [5, 5.41) is 9.10. The monoisotopic (exact) mass is 422 g/mol. The summed E-state index contributed by atoms with van der Waals surface area (Å²) in [5.41, 5.74) is 1.24. The second-order valence-electron chi connectivity index (χ2n) is 9.56. The second kappa shape index (κ2) is 8.36. The van der Waals surface area contributed by atoms with Crippen molar-refractivity contribution >= 4 is 5.91 Å². The van der Waals surface area contributed by atoms with Crippen LogP contribution < -0.4 is 0 Å². The van der Waals surface area contributed by atoms with Gasteiger partial charge in [-0.3, -0.25) is 14.6 Å². The van der Waals surface area contributed by atoms with Crippen LogP contribution in [-0.2, 0) is 18.6 Å². The predicted molar refractivity (Wildman–Crippen MR) is 120 cm³/mol. The number of amides is 1. The molecule has 7 heteroatoms. The van der Waals surface area contributed by atoms with Crippen molar-refractivity contribution in [3.8, 4) is 0 Å². The molecular weight excluding hydrogens is 388 g/mol. The van der Waals surface area contributed by atoms with E-state index in [1.807, 2.05) is 4.90 Å². The van der Waals surface area contributed by atoms with E-state index in [0.29, 0.717) is 5.82 Å². The Labute approximate surface area is 185 Å². The van der Waals surface area contributed by atoms with Gasteiger partial charge in [-0.2, -0.15) is 0 Å². The highest BCUT2D eigenvalue weighted by Gasteiger charge is 2.47. The Bertz CT molecular complexity index is 917. The Kier molecular flexibility index (Phi) is 5.56. The number of hydrogen-bond donors (Lipinski definition) is 0. The number of fused-ring (bicyclic) bond motifs is 2. The first-order valence-corrected chi connectivity index (χ1v) is 11.8. The van der Waals surface area contributed by atoms with E-state index < -0.39 is 0 Å². The lowest BCUT2D eigenvalue weighted by molar-refractivity contribution is 0.00579. The zero-order valence-corrected chi connectivity index (χ0v) is 18.8. The van der Waals surface area contributed by atoms with Gasteiger partial charge < -0.3 is 9.47 Å². The van der Waals surface area contributed by atoms with Crippen molar-refractivity contribution in [2.45, 2.75) is 63.7 Å². The Morgan fingerprint density at radius 2 is 1.81 bits per heavy atom. The highest BCUT2D eigenvalue weighted by atomic mass is 16.2. The standard InChI is InChI=1S/C24H34N6O/c1-19-8-6-7-13-29(19)22(31)21-25-26-23-24(27(2)16-17-30(21)23)11-14-28(15-12-24)18-20-9-4-3-5-10-20/h3-5,9-10,19H,6-8,11-18H2,1-2H3/t19-/m0/s1. The van der Waals surface area contributed by atoms with E-state index in [1.165, 1.54) is 12.0 Å². The Morgan fingerprint density at radius 1 is 1.03 bits per heavy atom. The van der Waals surface area contributed by atoms with Gasteiger partial charge in [0.1, 0.15) is 0 Å². The molecule has 0 radical (unpaired) electrons. The number of nitrogens with zero attached hydrogens (tertiary/aromatic N) is 6. The molecule has 166 valence electrons.